The number of anilines is 1. The third-order valence-corrected chi connectivity index (χ3v) is 3.33. The summed E-state index contributed by atoms with van der Waals surface area (Å²) in [7, 11) is 1.55. The van der Waals surface area contributed by atoms with Crippen LogP contribution in [0.5, 0.6) is 5.75 Å². The van der Waals surface area contributed by atoms with Crippen LogP contribution in [-0.4, -0.2) is 30.6 Å². The van der Waals surface area contributed by atoms with E-state index in [1.165, 1.54) is 6.07 Å². The highest BCUT2D eigenvalue weighted by Gasteiger charge is 2.18. The SMILES string of the molecule is CCOC(=O)c1cc(C(=O)Nc2ccc(OC)cc2)c(C)[nH]c1=O. The molecule has 24 heavy (non-hydrogen) atoms. The summed E-state index contributed by atoms with van der Waals surface area (Å²) in [6.07, 6.45) is 0. The summed E-state index contributed by atoms with van der Waals surface area (Å²) in [5.41, 5.74) is 0.311. The van der Waals surface area contributed by atoms with Crippen molar-refractivity contribution in [3.63, 3.8) is 0 Å². The number of ether oxygens (including phenoxy) is 2. The predicted molar refractivity (Wildman–Crippen MR) is 88.7 cm³/mol. The number of aryl methyl sites for hydroxylation is 1. The fourth-order valence-electron chi connectivity index (χ4n) is 2.09. The molecule has 1 aromatic carbocycles. The highest BCUT2D eigenvalue weighted by atomic mass is 16.5. The molecule has 126 valence electrons. The number of rotatable bonds is 5. The topological polar surface area (TPSA) is 97.5 Å². The molecule has 1 amide bonds. The van der Waals surface area contributed by atoms with Crippen molar-refractivity contribution in [3.8, 4) is 5.75 Å². The Balaban J connectivity index is 2.29. The number of methoxy groups -OCH3 is 1. The first-order valence-electron chi connectivity index (χ1n) is 7.32. The van der Waals surface area contributed by atoms with Gasteiger partial charge in [-0.1, -0.05) is 0 Å². The first-order chi connectivity index (χ1) is 11.5. The molecular formula is C17H18N2O5. The highest BCUT2D eigenvalue weighted by Crippen LogP contribution is 2.16. The number of pyridine rings is 1. The largest absolute Gasteiger partial charge is 0.497 e. The quantitative estimate of drug-likeness (QED) is 0.818. The Morgan fingerprint density at radius 3 is 2.42 bits per heavy atom. The minimum Gasteiger partial charge on any atom is -0.497 e. The lowest BCUT2D eigenvalue weighted by molar-refractivity contribution is 0.0524. The molecule has 0 radical (unpaired) electrons. The second-order valence-electron chi connectivity index (χ2n) is 4.95. The lowest BCUT2D eigenvalue weighted by Crippen LogP contribution is -2.24. The zero-order chi connectivity index (χ0) is 17.7. The molecule has 0 aliphatic rings. The normalized spacial score (nSPS) is 10.1. The maximum atomic E-state index is 12.4. The Kier molecular flexibility index (Phi) is 5.36. The zero-order valence-electron chi connectivity index (χ0n) is 13.6. The van der Waals surface area contributed by atoms with Crippen LogP contribution in [0, 0.1) is 6.92 Å². The van der Waals surface area contributed by atoms with E-state index in [1.807, 2.05) is 0 Å². The summed E-state index contributed by atoms with van der Waals surface area (Å²) in [6, 6.07) is 8.03. The van der Waals surface area contributed by atoms with E-state index >= 15 is 0 Å². The van der Waals surface area contributed by atoms with Gasteiger partial charge in [0.2, 0.25) is 0 Å². The van der Waals surface area contributed by atoms with Crippen molar-refractivity contribution in [2.75, 3.05) is 19.0 Å². The van der Waals surface area contributed by atoms with E-state index in [1.54, 1.807) is 45.2 Å². The number of benzene rings is 1. The molecule has 2 aromatic rings. The van der Waals surface area contributed by atoms with E-state index in [2.05, 4.69) is 10.3 Å². The number of aromatic amines is 1. The van der Waals surface area contributed by atoms with Crippen molar-refractivity contribution in [3.05, 3.63) is 57.5 Å². The number of amides is 1. The summed E-state index contributed by atoms with van der Waals surface area (Å²) < 4.78 is 9.87. The maximum absolute atomic E-state index is 12.4. The van der Waals surface area contributed by atoms with E-state index in [4.69, 9.17) is 9.47 Å². The molecule has 0 aliphatic carbocycles. The smallest absolute Gasteiger partial charge is 0.343 e. The summed E-state index contributed by atoms with van der Waals surface area (Å²) in [6.45, 7) is 3.36. The van der Waals surface area contributed by atoms with E-state index in [9.17, 15) is 14.4 Å². The molecular weight excluding hydrogens is 312 g/mol. The molecule has 0 bridgehead atoms. The van der Waals surface area contributed by atoms with E-state index in [0.717, 1.165) is 0 Å². The van der Waals surface area contributed by atoms with E-state index < -0.39 is 17.4 Å². The molecule has 0 unspecified atom stereocenters. The number of aromatic nitrogens is 1. The lowest BCUT2D eigenvalue weighted by Gasteiger charge is -2.10. The Hall–Kier alpha value is -3.09. The van der Waals surface area contributed by atoms with Crippen molar-refractivity contribution in [2.45, 2.75) is 13.8 Å². The fraction of sp³-hybridized carbons (Fsp3) is 0.235. The van der Waals surface area contributed by atoms with Crippen LogP contribution in [0.25, 0.3) is 0 Å². The van der Waals surface area contributed by atoms with Crippen LogP contribution in [0.2, 0.25) is 0 Å². The number of H-pyrrole nitrogens is 1. The fourth-order valence-corrected chi connectivity index (χ4v) is 2.09. The third-order valence-electron chi connectivity index (χ3n) is 3.33. The van der Waals surface area contributed by atoms with Crippen LogP contribution in [0.4, 0.5) is 5.69 Å². The van der Waals surface area contributed by atoms with Crippen LogP contribution < -0.4 is 15.6 Å². The zero-order valence-corrected chi connectivity index (χ0v) is 13.6. The first-order valence-corrected chi connectivity index (χ1v) is 7.32. The van der Waals surface area contributed by atoms with Crippen molar-refractivity contribution >= 4 is 17.6 Å². The highest BCUT2D eigenvalue weighted by molar-refractivity contribution is 6.06. The van der Waals surface area contributed by atoms with E-state index in [-0.39, 0.29) is 17.7 Å². The second-order valence-corrected chi connectivity index (χ2v) is 4.95. The average Bonchev–Trinajstić information content (AvgIpc) is 2.55. The molecule has 1 heterocycles. The molecule has 0 saturated carbocycles. The molecule has 2 N–H and O–H groups in total. The van der Waals surface area contributed by atoms with Gasteiger partial charge in [-0.2, -0.15) is 0 Å². The van der Waals surface area contributed by atoms with Gasteiger partial charge >= 0.3 is 5.97 Å². The number of hydrogen-bond donors (Lipinski definition) is 2. The molecule has 0 saturated heterocycles. The van der Waals surface area contributed by atoms with Crippen LogP contribution >= 0.6 is 0 Å². The molecule has 2 rings (SSSR count). The second kappa shape index (κ2) is 7.45. The Morgan fingerprint density at radius 1 is 1.17 bits per heavy atom. The van der Waals surface area contributed by atoms with Gasteiger partial charge in [-0.15, -0.1) is 0 Å². The molecule has 7 heteroatoms. The molecule has 0 aliphatic heterocycles. The Bertz CT molecular complexity index is 809. The average molecular weight is 330 g/mol. The predicted octanol–water partition coefficient (Wildman–Crippen LogP) is 2.12. The van der Waals surface area contributed by atoms with Gasteiger partial charge in [0.05, 0.1) is 19.3 Å². The minimum absolute atomic E-state index is 0.138. The van der Waals surface area contributed by atoms with Gasteiger partial charge in [0.25, 0.3) is 11.5 Å². The first kappa shape index (κ1) is 17.3. The summed E-state index contributed by atoms with van der Waals surface area (Å²) in [4.78, 5) is 38.6. The van der Waals surface area contributed by atoms with Crippen molar-refractivity contribution in [1.29, 1.82) is 0 Å². The van der Waals surface area contributed by atoms with Crippen molar-refractivity contribution < 1.29 is 19.1 Å². The number of carbonyl (C=O) groups is 2. The minimum atomic E-state index is -0.766. The van der Waals surface area contributed by atoms with Gasteiger partial charge in [0.1, 0.15) is 11.3 Å². The third kappa shape index (κ3) is 3.81. The van der Waals surface area contributed by atoms with E-state index in [0.29, 0.717) is 17.1 Å². The van der Waals surface area contributed by atoms with Gasteiger partial charge in [-0.05, 0) is 44.2 Å². The molecule has 0 atom stereocenters. The molecule has 0 fully saturated rings. The van der Waals surface area contributed by atoms with Crippen LogP contribution in [0.1, 0.15) is 33.3 Å². The Morgan fingerprint density at radius 2 is 1.83 bits per heavy atom. The van der Waals surface area contributed by atoms with Gasteiger partial charge < -0.3 is 19.8 Å². The number of nitrogens with one attached hydrogen (secondary N) is 2. The Labute approximate surface area is 138 Å². The van der Waals surface area contributed by atoms with Gasteiger partial charge in [-0.25, -0.2) is 4.79 Å². The summed E-state index contributed by atoms with van der Waals surface area (Å²) in [5, 5.41) is 2.70. The molecule has 0 spiro atoms. The molecule has 1 aromatic heterocycles. The summed E-state index contributed by atoms with van der Waals surface area (Å²) >= 11 is 0. The van der Waals surface area contributed by atoms with Gasteiger partial charge in [0, 0.05) is 11.4 Å². The molecule has 7 nitrogen and oxygen atoms in total. The van der Waals surface area contributed by atoms with Gasteiger partial charge in [-0.3, -0.25) is 9.59 Å². The monoisotopic (exact) mass is 330 g/mol. The summed E-state index contributed by atoms with van der Waals surface area (Å²) in [5.74, 6) is -0.547. The van der Waals surface area contributed by atoms with Crippen molar-refractivity contribution in [2.24, 2.45) is 0 Å². The number of hydrogen-bond acceptors (Lipinski definition) is 5. The lowest BCUT2D eigenvalue weighted by atomic mass is 10.1. The van der Waals surface area contributed by atoms with Crippen molar-refractivity contribution in [1.82, 2.24) is 4.98 Å². The number of esters is 1. The maximum Gasteiger partial charge on any atom is 0.343 e. The van der Waals surface area contributed by atoms with Crippen LogP contribution in [-0.2, 0) is 4.74 Å². The van der Waals surface area contributed by atoms with Crippen LogP contribution in [0.3, 0.4) is 0 Å². The van der Waals surface area contributed by atoms with Crippen LogP contribution in [0.15, 0.2) is 35.1 Å². The standard InChI is InChI=1S/C17H18N2O5/c1-4-24-17(22)14-9-13(10(2)18-16(14)21)15(20)19-11-5-7-12(23-3)8-6-11/h5-9H,4H2,1-3H3,(H,18,21)(H,19,20). The number of carbonyl (C=O) groups excluding carboxylic acids is 2. The van der Waals surface area contributed by atoms with Gasteiger partial charge in [0.15, 0.2) is 0 Å².